The zero-order chi connectivity index (χ0) is 29.5. The van der Waals surface area contributed by atoms with Gasteiger partial charge in [-0.25, -0.2) is 0 Å². The van der Waals surface area contributed by atoms with Crippen molar-refractivity contribution >= 4 is 23.3 Å². The summed E-state index contributed by atoms with van der Waals surface area (Å²) >= 11 is 0. The molecule has 0 aromatic rings. The average molecular weight is 543 g/mol. The molecular weight excluding hydrogens is 500 g/mol. The van der Waals surface area contributed by atoms with Gasteiger partial charge in [-0.2, -0.15) is 0 Å². The molecule has 4 rings (SSSR count). The summed E-state index contributed by atoms with van der Waals surface area (Å²) in [7, 11) is 0. The van der Waals surface area contributed by atoms with E-state index in [9.17, 15) is 34.5 Å². The smallest absolute Gasteiger partial charge is 0.303 e. The Kier molecular flexibility index (Phi) is 6.76. The molecule has 9 atom stereocenters. The first kappa shape index (κ1) is 29.4. The molecule has 1 unspecified atom stereocenters. The van der Waals surface area contributed by atoms with Gasteiger partial charge in [-0.1, -0.05) is 32.4 Å². The van der Waals surface area contributed by atoms with E-state index in [0.29, 0.717) is 6.42 Å². The molecule has 39 heavy (non-hydrogen) atoms. The van der Waals surface area contributed by atoms with Crippen LogP contribution in [-0.2, 0) is 23.9 Å². The van der Waals surface area contributed by atoms with Crippen molar-refractivity contribution in [3.63, 3.8) is 0 Å². The van der Waals surface area contributed by atoms with E-state index in [2.05, 4.69) is 0 Å². The number of ketones is 3. The third-order valence-electron chi connectivity index (χ3n) is 11.0. The minimum Gasteiger partial charge on any atom is -0.505 e. The molecule has 214 valence electrons. The summed E-state index contributed by atoms with van der Waals surface area (Å²) in [5, 5.41) is 33.7. The van der Waals surface area contributed by atoms with Crippen molar-refractivity contribution in [3.05, 3.63) is 35.6 Å². The highest BCUT2D eigenvalue weighted by Gasteiger charge is 2.74. The molecule has 0 heterocycles. The fourth-order valence-electron chi connectivity index (χ4n) is 8.82. The van der Waals surface area contributed by atoms with Crippen LogP contribution in [0.15, 0.2) is 35.6 Å². The van der Waals surface area contributed by atoms with E-state index >= 15 is 0 Å². The number of esters is 1. The van der Waals surface area contributed by atoms with E-state index in [0.717, 1.165) is 5.57 Å². The molecule has 8 nitrogen and oxygen atoms in total. The van der Waals surface area contributed by atoms with Gasteiger partial charge in [-0.3, -0.25) is 19.2 Å². The second-order valence-corrected chi connectivity index (χ2v) is 13.6. The van der Waals surface area contributed by atoms with Gasteiger partial charge in [0.1, 0.15) is 17.5 Å². The molecule has 4 aliphatic rings. The van der Waals surface area contributed by atoms with Gasteiger partial charge < -0.3 is 20.1 Å². The van der Waals surface area contributed by atoms with Crippen LogP contribution in [0.2, 0.25) is 0 Å². The van der Waals surface area contributed by atoms with E-state index in [-0.39, 0.29) is 36.1 Å². The molecule has 0 aliphatic heterocycles. The van der Waals surface area contributed by atoms with Crippen molar-refractivity contribution in [2.45, 2.75) is 92.5 Å². The van der Waals surface area contributed by atoms with Gasteiger partial charge in [-0.15, -0.1) is 0 Å². The van der Waals surface area contributed by atoms with Crippen molar-refractivity contribution in [1.29, 1.82) is 0 Å². The minimum atomic E-state index is -1.99. The molecule has 0 spiro atoms. The molecule has 2 saturated carbocycles. The Labute approximate surface area is 230 Å². The first-order chi connectivity index (χ1) is 17.8. The zero-order valence-electron chi connectivity index (χ0n) is 24.2. The van der Waals surface area contributed by atoms with Gasteiger partial charge in [0, 0.05) is 30.6 Å². The first-order valence-electron chi connectivity index (χ1n) is 13.8. The van der Waals surface area contributed by atoms with E-state index in [1.165, 1.54) is 32.1 Å². The lowest BCUT2D eigenvalue weighted by Gasteiger charge is -2.63. The van der Waals surface area contributed by atoms with Crippen molar-refractivity contribution in [2.75, 3.05) is 0 Å². The van der Waals surface area contributed by atoms with Gasteiger partial charge in [-0.05, 0) is 75.5 Å². The Morgan fingerprint density at radius 3 is 2.36 bits per heavy atom. The number of hydrogen-bond acceptors (Lipinski definition) is 8. The number of ether oxygens (including phenoxy) is 1. The highest BCUT2D eigenvalue weighted by Crippen LogP contribution is 2.73. The monoisotopic (exact) mass is 542 g/mol. The van der Waals surface area contributed by atoms with Crippen LogP contribution in [0.1, 0.15) is 74.7 Å². The van der Waals surface area contributed by atoms with Gasteiger partial charge in [0.25, 0.3) is 0 Å². The summed E-state index contributed by atoms with van der Waals surface area (Å²) in [5.41, 5.74) is -4.60. The number of fused-ring (bicyclic) bond motifs is 5. The third-order valence-corrected chi connectivity index (χ3v) is 11.0. The Morgan fingerprint density at radius 1 is 1.15 bits per heavy atom. The van der Waals surface area contributed by atoms with Crippen LogP contribution in [-0.4, -0.2) is 56.4 Å². The molecule has 0 radical (unpaired) electrons. The molecule has 3 N–H and O–H groups in total. The number of aliphatic hydroxyl groups excluding tert-OH is 2. The minimum absolute atomic E-state index is 0.0297. The molecule has 2 fully saturated rings. The second kappa shape index (κ2) is 8.96. The SMILES string of the molecule is CC(=O)OC(C)/C=C/C(=O)[C@](C)(O)[C@H]1[C@H](O)C[C@@]2(C)[C@@H]3CC=C4[C@@H](C=C(O)C(=O)C4(C)C)[C@]3(C)C(=O)C[C@]12C. The summed E-state index contributed by atoms with van der Waals surface area (Å²) in [6.07, 6.45) is 5.20. The lowest BCUT2D eigenvalue weighted by molar-refractivity contribution is -0.179. The highest BCUT2D eigenvalue weighted by atomic mass is 16.5. The summed E-state index contributed by atoms with van der Waals surface area (Å²) in [5.74, 6) is -3.56. The summed E-state index contributed by atoms with van der Waals surface area (Å²) in [4.78, 5) is 51.5. The zero-order valence-corrected chi connectivity index (χ0v) is 24.2. The summed E-state index contributed by atoms with van der Waals surface area (Å²) in [6, 6.07) is 0. The molecular formula is C31H42O8. The van der Waals surface area contributed by atoms with Crippen molar-refractivity contribution < 1.29 is 39.2 Å². The number of allylic oxidation sites excluding steroid dienone is 4. The molecule has 4 aliphatic carbocycles. The molecule has 0 aromatic carbocycles. The predicted molar refractivity (Wildman–Crippen MR) is 143 cm³/mol. The lowest BCUT2D eigenvalue weighted by Crippen LogP contribution is -2.64. The first-order valence-corrected chi connectivity index (χ1v) is 13.8. The number of carbonyl (C=O) groups is 4. The van der Waals surface area contributed by atoms with Crippen LogP contribution < -0.4 is 0 Å². The van der Waals surface area contributed by atoms with E-state index < -0.39 is 63.1 Å². The van der Waals surface area contributed by atoms with E-state index in [1.54, 1.807) is 20.8 Å². The fraction of sp³-hybridized carbons (Fsp3) is 0.677. The second-order valence-electron chi connectivity index (χ2n) is 13.6. The maximum atomic E-state index is 14.2. The van der Waals surface area contributed by atoms with Crippen molar-refractivity contribution in [3.8, 4) is 0 Å². The largest absolute Gasteiger partial charge is 0.505 e. The van der Waals surface area contributed by atoms with E-state index in [4.69, 9.17) is 4.74 Å². The normalized spacial score (nSPS) is 41.5. The maximum Gasteiger partial charge on any atom is 0.303 e. The number of hydrogen-bond donors (Lipinski definition) is 3. The number of Topliss-reactive ketones (excluding diaryl/α,β-unsaturated/α-hetero) is 2. The maximum absolute atomic E-state index is 14.2. The highest BCUT2D eigenvalue weighted by molar-refractivity contribution is 6.02. The van der Waals surface area contributed by atoms with Crippen molar-refractivity contribution in [2.24, 2.45) is 39.4 Å². The van der Waals surface area contributed by atoms with Gasteiger partial charge in [0.2, 0.25) is 5.78 Å². The molecule has 0 saturated heterocycles. The summed E-state index contributed by atoms with van der Waals surface area (Å²) < 4.78 is 5.04. The van der Waals surface area contributed by atoms with Crippen LogP contribution in [0, 0.1) is 39.4 Å². The molecule has 0 bridgehead atoms. The van der Waals surface area contributed by atoms with Crippen LogP contribution in [0.25, 0.3) is 0 Å². The standard InChI is InChI=1S/C31H42O8/c1-16(39-17(2)32)9-12-23(35)31(8,38)25-21(34)14-28(5)22-11-10-18-19(13-20(33)26(37)27(18,3)4)30(22,7)24(36)15-29(25,28)6/h9-10,12-13,16,19,21-22,25,33-34,38H,11,14-15H2,1-8H3/b12-9+/t16?,19-,21-,22+,25+,28+,29-,30+,31+/m1/s1. The Morgan fingerprint density at radius 2 is 1.77 bits per heavy atom. The van der Waals surface area contributed by atoms with E-state index in [1.807, 2.05) is 26.8 Å². The predicted octanol–water partition coefficient (Wildman–Crippen LogP) is 3.80. The third kappa shape index (κ3) is 3.92. The number of aliphatic hydroxyl groups is 3. The quantitative estimate of drug-likeness (QED) is 0.271. The van der Waals surface area contributed by atoms with Crippen LogP contribution in [0.4, 0.5) is 0 Å². The van der Waals surface area contributed by atoms with Crippen molar-refractivity contribution in [1.82, 2.24) is 0 Å². The van der Waals surface area contributed by atoms with Crippen LogP contribution >= 0.6 is 0 Å². The van der Waals surface area contributed by atoms with Gasteiger partial charge >= 0.3 is 5.97 Å². The molecule has 8 heteroatoms. The lowest BCUT2D eigenvalue weighted by atomic mass is 9.39. The Balaban J connectivity index is 1.76. The average Bonchev–Trinajstić information content (AvgIpc) is 3.01. The molecule has 0 amide bonds. The Hall–Kier alpha value is -2.58. The molecule has 0 aromatic heterocycles. The van der Waals surface area contributed by atoms with Crippen LogP contribution in [0.5, 0.6) is 0 Å². The Bertz CT molecular complexity index is 1220. The van der Waals surface area contributed by atoms with Gasteiger partial charge in [0.15, 0.2) is 11.5 Å². The summed E-state index contributed by atoms with van der Waals surface area (Å²) in [6.45, 7) is 13.6. The topological polar surface area (TPSA) is 138 Å². The number of carbonyl (C=O) groups excluding carboxylic acids is 4. The van der Waals surface area contributed by atoms with Gasteiger partial charge in [0.05, 0.1) is 11.5 Å². The number of rotatable bonds is 5. The van der Waals surface area contributed by atoms with Crippen LogP contribution in [0.3, 0.4) is 0 Å². The fourth-order valence-corrected chi connectivity index (χ4v) is 8.82.